The molecule has 15 heteroatoms. The number of alkyl halides is 3. The monoisotopic (exact) mass is 558 g/mol. The molecule has 39 heavy (non-hydrogen) atoms. The molecule has 4 aromatic rings. The fourth-order valence-corrected chi connectivity index (χ4v) is 3.87. The lowest BCUT2D eigenvalue weighted by Crippen LogP contribution is -2.24. The molecule has 202 valence electrons. The number of nitrogens with one attached hydrogen (secondary N) is 2. The van der Waals surface area contributed by atoms with E-state index in [2.05, 4.69) is 42.2 Å². The van der Waals surface area contributed by atoms with Crippen LogP contribution in [0, 0.1) is 18.3 Å². The molecule has 0 aliphatic heterocycles. The van der Waals surface area contributed by atoms with E-state index in [1.807, 2.05) is 13.8 Å². The van der Waals surface area contributed by atoms with Crippen LogP contribution in [0.1, 0.15) is 52.5 Å². The highest BCUT2D eigenvalue weighted by molar-refractivity contribution is 6.32. The molecule has 1 aromatic carbocycles. The zero-order valence-corrected chi connectivity index (χ0v) is 21.7. The van der Waals surface area contributed by atoms with Crippen LogP contribution in [-0.4, -0.2) is 46.9 Å². The Morgan fingerprint density at radius 3 is 2.64 bits per heavy atom. The SMILES string of the molecule is Cc1cc(C#N)cc(CNC(C)C)c1NC(=O)c1cc(Cn2nnc(C(F)(F)F)n2)nn1-c1ncccc1Cl. The lowest BCUT2D eigenvalue weighted by Gasteiger charge is -2.17. The van der Waals surface area contributed by atoms with Gasteiger partial charge in [0.2, 0.25) is 0 Å². The van der Waals surface area contributed by atoms with Crippen molar-refractivity contribution in [3.05, 3.63) is 75.5 Å². The molecule has 4 rings (SSSR count). The van der Waals surface area contributed by atoms with Crippen LogP contribution in [0.25, 0.3) is 5.82 Å². The molecule has 0 unspecified atom stereocenters. The number of halogens is 4. The van der Waals surface area contributed by atoms with Crippen LogP contribution in [0.2, 0.25) is 5.02 Å². The van der Waals surface area contributed by atoms with Crippen LogP contribution in [0.5, 0.6) is 0 Å². The molecule has 0 fully saturated rings. The van der Waals surface area contributed by atoms with E-state index < -0.39 is 17.9 Å². The van der Waals surface area contributed by atoms with Gasteiger partial charge in [-0.2, -0.15) is 28.3 Å². The van der Waals surface area contributed by atoms with Crippen molar-refractivity contribution in [1.29, 1.82) is 5.26 Å². The number of tetrazole rings is 1. The highest BCUT2D eigenvalue weighted by Crippen LogP contribution is 2.27. The number of aryl methyl sites for hydroxylation is 1. The molecule has 0 bridgehead atoms. The summed E-state index contributed by atoms with van der Waals surface area (Å²) in [6.07, 6.45) is -3.30. The van der Waals surface area contributed by atoms with Gasteiger partial charge in [0, 0.05) is 24.5 Å². The highest BCUT2D eigenvalue weighted by atomic mass is 35.5. The molecule has 0 saturated carbocycles. The number of benzene rings is 1. The van der Waals surface area contributed by atoms with Crippen LogP contribution in [0.4, 0.5) is 18.9 Å². The maximum atomic E-state index is 13.6. The number of rotatable bonds is 8. The molecular weight excluding hydrogens is 537 g/mol. The molecule has 0 atom stereocenters. The summed E-state index contributed by atoms with van der Waals surface area (Å²) in [5.41, 5.74) is 2.47. The predicted molar refractivity (Wildman–Crippen MR) is 134 cm³/mol. The van der Waals surface area contributed by atoms with Gasteiger partial charge in [0.25, 0.3) is 11.7 Å². The Kier molecular flexibility index (Phi) is 7.93. The second kappa shape index (κ2) is 11.2. The van der Waals surface area contributed by atoms with Crippen molar-refractivity contribution in [2.75, 3.05) is 5.32 Å². The van der Waals surface area contributed by atoms with Gasteiger partial charge < -0.3 is 10.6 Å². The Bertz CT molecular complexity index is 1550. The summed E-state index contributed by atoms with van der Waals surface area (Å²) in [4.78, 5) is 18.5. The van der Waals surface area contributed by atoms with E-state index in [0.29, 0.717) is 28.9 Å². The van der Waals surface area contributed by atoms with Gasteiger partial charge in [0.1, 0.15) is 12.2 Å². The van der Waals surface area contributed by atoms with Crippen molar-refractivity contribution in [3.63, 3.8) is 0 Å². The Hall–Kier alpha value is -4.35. The summed E-state index contributed by atoms with van der Waals surface area (Å²) in [6.45, 7) is 5.79. The third-order valence-electron chi connectivity index (χ3n) is 5.43. The minimum Gasteiger partial charge on any atom is -0.320 e. The van der Waals surface area contributed by atoms with Crippen molar-refractivity contribution in [3.8, 4) is 11.9 Å². The van der Waals surface area contributed by atoms with Gasteiger partial charge in [-0.05, 0) is 53.6 Å². The van der Waals surface area contributed by atoms with Crippen molar-refractivity contribution in [2.45, 2.75) is 46.1 Å². The summed E-state index contributed by atoms with van der Waals surface area (Å²) < 4.78 is 39.9. The number of nitrogens with zero attached hydrogens (tertiary/aromatic N) is 8. The first kappa shape index (κ1) is 27.7. The van der Waals surface area contributed by atoms with E-state index in [1.54, 1.807) is 31.2 Å². The molecule has 2 N–H and O–H groups in total. The highest BCUT2D eigenvalue weighted by Gasteiger charge is 2.37. The topological polar surface area (TPSA) is 139 Å². The number of amides is 1. The zero-order valence-electron chi connectivity index (χ0n) is 21.0. The van der Waals surface area contributed by atoms with Crippen LogP contribution in [0.15, 0.2) is 36.5 Å². The van der Waals surface area contributed by atoms with Crippen LogP contribution in [-0.2, 0) is 19.3 Å². The summed E-state index contributed by atoms with van der Waals surface area (Å²) in [5, 5.41) is 29.9. The molecule has 0 radical (unpaired) electrons. The first-order valence-electron chi connectivity index (χ1n) is 11.6. The van der Waals surface area contributed by atoms with E-state index in [-0.39, 0.29) is 34.8 Å². The number of pyridine rings is 1. The van der Waals surface area contributed by atoms with Gasteiger partial charge in [0.05, 0.1) is 22.3 Å². The van der Waals surface area contributed by atoms with Gasteiger partial charge in [0.15, 0.2) is 5.82 Å². The molecule has 0 aliphatic rings. The standard InChI is InChI=1S/C24H22ClF3N10O/c1-13(2)31-11-16-8-15(10-29)7-14(3)20(16)32-22(39)19-9-17(12-37-35-23(33-36-37)24(26,27)28)34-38(19)21-18(25)5-4-6-30-21/h4-9,13,31H,11-12H2,1-3H3,(H,32,39). The van der Waals surface area contributed by atoms with Crippen molar-refractivity contribution in [1.82, 2.24) is 40.3 Å². The molecule has 0 spiro atoms. The minimum atomic E-state index is -4.76. The minimum absolute atomic E-state index is 0.00767. The molecule has 0 saturated heterocycles. The average molecular weight is 559 g/mol. The Morgan fingerprint density at radius 1 is 1.23 bits per heavy atom. The van der Waals surface area contributed by atoms with E-state index in [1.165, 1.54) is 16.9 Å². The van der Waals surface area contributed by atoms with Crippen LogP contribution >= 0.6 is 11.6 Å². The first-order chi connectivity index (χ1) is 18.5. The maximum Gasteiger partial charge on any atom is 0.455 e. The number of hydrogen-bond donors (Lipinski definition) is 2. The summed E-state index contributed by atoms with van der Waals surface area (Å²) in [5.74, 6) is -1.85. The zero-order chi connectivity index (χ0) is 28.3. The quantitative estimate of drug-likeness (QED) is 0.332. The second-order valence-corrected chi connectivity index (χ2v) is 9.22. The fourth-order valence-electron chi connectivity index (χ4n) is 3.67. The average Bonchev–Trinajstić information content (AvgIpc) is 3.52. The molecule has 0 aliphatic carbocycles. The van der Waals surface area contributed by atoms with E-state index in [4.69, 9.17) is 11.6 Å². The first-order valence-corrected chi connectivity index (χ1v) is 12.0. The largest absolute Gasteiger partial charge is 0.455 e. The molecular formula is C24H22ClF3N10O. The molecule has 11 nitrogen and oxygen atoms in total. The van der Waals surface area contributed by atoms with Gasteiger partial charge in [-0.1, -0.05) is 25.4 Å². The number of nitriles is 1. The Labute approximate surface area is 225 Å². The molecule has 3 heterocycles. The third-order valence-corrected chi connectivity index (χ3v) is 5.72. The van der Waals surface area contributed by atoms with Crippen molar-refractivity contribution in [2.24, 2.45) is 0 Å². The number of aromatic nitrogens is 7. The van der Waals surface area contributed by atoms with Crippen molar-refractivity contribution < 1.29 is 18.0 Å². The van der Waals surface area contributed by atoms with Gasteiger partial charge in [-0.25, -0.2) is 9.67 Å². The number of hydrogen-bond acceptors (Lipinski definition) is 8. The second-order valence-electron chi connectivity index (χ2n) is 8.81. The van der Waals surface area contributed by atoms with E-state index in [0.717, 1.165) is 4.80 Å². The number of carbonyl (C=O) groups is 1. The lowest BCUT2D eigenvalue weighted by molar-refractivity contribution is -0.145. The molecule has 1 amide bonds. The summed E-state index contributed by atoms with van der Waals surface area (Å²) in [7, 11) is 0. The number of anilines is 1. The van der Waals surface area contributed by atoms with Crippen molar-refractivity contribution >= 4 is 23.2 Å². The number of carbonyl (C=O) groups excluding carboxylic acids is 1. The fraction of sp³-hybridized carbons (Fsp3) is 0.292. The summed E-state index contributed by atoms with van der Waals surface area (Å²) in [6, 6.07) is 10.1. The predicted octanol–water partition coefficient (Wildman–Crippen LogP) is 3.90. The van der Waals surface area contributed by atoms with Gasteiger partial charge >= 0.3 is 6.18 Å². The normalized spacial score (nSPS) is 11.6. The third kappa shape index (κ3) is 6.39. The smallest absolute Gasteiger partial charge is 0.320 e. The van der Waals surface area contributed by atoms with Gasteiger partial charge in [-0.15, -0.1) is 10.2 Å². The van der Waals surface area contributed by atoms with E-state index >= 15 is 0 Å². The maximum absolute atomic E-state index is 13.6. The van der Waals surface area contributed by atoms with E-state index in [9.17, 15) is 23.2 Å². The Morgan fingerprint density at radius 2 is 2.00 bits per heavy atom. The van der Waals surface area contributed by atoms with Crippen LogP contribution < -0.4 is 10.6 Å². The summed E-state index contributed by atoms with van der Waals surface area (Å²) >= 11 is 6.31. The Balaban J connectivity index is 1.72. The van der Waals surface area contributed by atoms with Gasteiger partial charge in [-0.3, -0.25) is 4.79 Å². The molecule has 3 aromatic heterocycles. The lowest BCUT2D eigenvalue weighted by atomic mass is 10.0. The van der Waals surface area contributed by atoms with Crippen LogP contribution in [0.3, 0.4) is 0 Å².